The molecule has 0 bridgehead atoms. The lowest BCUT2D eigenvalue weighted by atomic mass is 10.2. The van der Waals surface area contributed by atoms with Crippen LogP contribution in [0, 0.1) is 17.7 Å². The van der Waals surface area contributed by atoms with Crippen LogP contribution < -0.4 is 5.73 Å². The van der Waals surface area contributed by atoms with Crippen LogP contribution in [0.5, 0.6) is 0 Å². The summed E-state index contributed by atoms with van der Waals surface area (Å²) in [7, 11) is 0. The predicted octanol–water partition coefficient (Wildman–Crippen LogP) is 1.79. The highest BCUT2D eigenvalue weighted by Gasteiger charge is 2.01. The van der Waals surface area contributed by atoms with Gasteiger partial charge in [-0.2, -0.15) is 0 Å². The molecule has 0 saturated carbocycles. The molecule has 0 heterocycles. The minimum atomic E-state index is -0.486. The summed E-state index contributed by atoms with van der Waals surface area (Å²) in [4.78, 5) is 0. The van der Waals surface area contributed by atoms with Gasteiger partial charge in [0.05, 0.1) is 17.1 Å². The third-order valence-electron chi connectivity index (χ3n) is 1.28. The van der Waals surface area contributed by atoms with Gasteiger partial charge in [0.2, 0.25) is 0 Å². The summed E-state index contributed by atoms with van der Waals surface area (Å²) < 4.78 is 13.0. The Morgan fingerprint density at radius 2 is 2.25 bits per heavy atom. The second-order valence-corrected chi connectivity index (χ2v) is 2.51. The van der Waals surface area contributed by atoms with Crippen molar-refractivity contribution in [2.75, 3.05) is 6.54 Å². The van der Waals surface area contributed by atoms with E-state index in [4.69, 9.17) is 17.3 Å². The van der Waals surface area contributed by atoms with Gasteiger partial charge in [0.15, 0.2) is 5.82 Å². The van der Waals surface area contributed by atoms with Gasteiger partial charge in [-0.15, -0.1) is 0 Å². The van der Waals surface area contributed by atoms with E-state index in [0.29, 0.717) is 0 Å². The van der Waals surface area contributed by atoms with Gasteiger partial charge in [0.1, 0.15) is 0 Å². The second kappa shape index (κ2) is 4.10. The van der Waals surface area contributed by atoms with Crippen LogP contribution in [0.25, 0.3) is 0 Å². The van der Waals surface area contributed by atoms with E-state index in [9.17, 15) is 4.39 Å². The summed E-state index contributed by atoms with van der Waals surface area (Å²) in [5, 5.41) is 0.0822. The van der Waals surface area contributed by atoms with Crippen molar-refractivity contribution in [2.24, 2.45) is 5.73 Å². The first kappa shape index (κ1) is 9.05. The topological polar surface area (TPSA) is 26.0 Å². The highest BCUT2D eigenvalue weighted by molar-refractivity contribution is 6.30. The van der Waals surface area contributed by atoms with Crippen LogP contribution in [0.3, 0.4) is 0 Å². The zero-order valence-corrected chi connectivity index (χ0v) is 7.03. The van der Waals surface area contributed by atoms with E-state index in [2.05, 4.69) is 11.8 Å². The standard InChI is InChI=1S/C9H7ClFN/c10-8-5-1-3-7(9(8)11)4-2-6-12/h1,3,5H,6,12H2. The number of hydrogen-bond donors (Lipinski definition) is 1. The van der Waals surface area contributed by atoms with Crippen molar-refractivity contribution in [3.05, 3.63) is 34.6 Å². The summed E-state index contributed by atoms with van der Waals surface area (Å²) >= 11 is 5.52. The molecule has 12 heavy (non-hydrogen) atoms. The van der Waals surface area contributed by atoms with Gasteiger partial charge >= 0.3 is 0 Å². The van der Waals surface area contributed by atoms with E-state index < -0.39 is 5.82 Å². The smallest absolute Gasteiger partial charge is 0.157 e. The van der Waals surface area contributed by atoms with Gasteiger partial charge < -0.3 is 5.73 Å². The van der Waals surface area contributed by atoms with Crippen molar-refractivity contribution in [1.29, 1.82) is 0 Å². The van der Waals surface area contributed by atoms with Crippen molar-refractivity contribution in [3.63, 3.8) is 0 Å². The maximum absolute atomic E-state index is 13.0. The predicted molar refractivity (Wildman–Crippen MR) is 47.3 cm³/mol. The van der Waals surface area contributed by atoms with Crippen LogP contribution in [0.2, 0.25) is 5.02 Å². The molecule has 0 spiro atoms. The highest BCUT2D eigenvalue weighted by Crippen LogP contribution is 2.16. The van der Waals surface area contributed by atoms with Crippen LogP contribution >= 0.6 is 11.6 Å². The molecular weight excluding hydrogens is 177 g/mol. The minimum Gasteiger partial charge on any atom is -0.320 e. The maximum atomic E-state index is 13.0. The quantitative estimate of drug-likeness (QED) is 0.610. The van der Waals surface area contributed by atoms with Gasteiger partial charge in [-0.05, 0) is 12.1 Å². The molecule has 1 aromatic rings. The van der Waals surface area contributed by atoms with E-state index >= 15 is 0 Å². The summed E-state index contributed by atoms with van der Waals surface area (Å²) in [5.41, 5.74) is 5.42. The van der Waals surface area contributed by atoms with Crippen molar-refractivity contribution in [2.45, 2.75) is 0 Å². The molecule has 0 saturated heterocycles. The Morgan fingerprint density at radius 1 is 1.50 bits per heavy atom. The first-order valence-corrected chi connectivity index (χ1v) is 3.76. The summed E-state index contributed by atoms with van der Waals surface area (Å²) in [6, 6.07) is 4.68. The van der Waals surface area contributed by atoms with Crippen molar-refractivity contribution in [3.8, 4) is 11.8 Å². The average Bonchev–Trinajstić information content (AvgIpc) is 2.08. The first-order chi connectivity index (χ1) is 5.75. The molecule has 62 valence electrons. The Labute approximate surface area is 75.3 Å². The Balaban J connectivity index is 3.08. The third-order valence-corrected chi connectivity index (χ3v) is 1.57. The molecule has 2 N–H and O–H groups in total. The van der Waals surface area contributed by atoms with Gasteiger partial charge in [0.25, 0.3) is 0 Å². The van der Waals surface area contributed by atoms with Crippen LogP contribution in [-0.2, 0) is 0 Å². The summed E-state index contributed by atoms with van der Waals surface area (Å²) in [6.07, 6.45) is 0. The Kier molecular flexibility index (Phi) is 3.09. The number of benzene rings is 1. The Bertz CT molecular complexity index is 338. The first-order valence-electron chi connectivity index (χ1n) is 3.38. The normalized spacial score (nSPS) is 8.92. The molecule has 0 aliphatic carbocycles. The molecule has 1 nitrogen and oxygen atoms in total. The largest absolute Gasteiger partial charge is 0.320 e. The molecule has 0 unspecified atom stereocenters. The Morgan fingerprint density at radius 3 is 2.92 bits per heavy atom. The van der Waals surface area contributed by atoms with Gasteiger partial charge in [-0.3, -0.25) is 0 Å². The molecule has 0 amide bonds. The van der Waals surface area contributed by atoms with Gasteiger partial charge in [-0.25, -0.2) is 4.39 Å². The number of halogens is 2. The average molecular weight is 184 g/mol. The van der Waals surface area contributed by atoms with E-state index in [1.807, 2.05) is 0 Å². The monoisotopic (exact) mass is 183 g/mol. The fraction of sp³-hybridized carbons (Fsp3) is 0.111. The molecule has 1 rings (SSSR count). The Hall–Kier alpha value is -1.04. The molecule has 0 radical (unpaired) electrons. The summed E-state index contributed by atoms with van der Waals surface area (Å²) in [5.74, 6) is 4.64. The number of hydrogen-bond acceptors (Lipinski definition) is 1. The zero-order chi connectivity index (χ0) is 8.97. The second-order valence-electron chi connectivity index (χ2n) is 2.11. The molecule has 0 fully saturated rings. The number of nitrogens with two attached hydrogens (primary N) is 1. The van der Waals surface area contributed by atoms with E-state index in [-0.39, 0.29) is 17.1 Å². The van der Waals surface area contributed by atoms with Gasteiger partial charge in [-0.1, -0.05) is 29.5 Å². The van der Waals surface area contributed by atoms with Crippen molar-refractivity contribution < 1.29 is 4.39 Å². The number of rotatable bonds is 0. The van der Waals surface area contributed by atoms with Crippen LogP contribution in [-0.4, -0.2) is 6.54 Å². The maximum Gasteiger partial charge on any atom is 0.157 e. The summed E-state index contributed by atoms with van der Waals surface area (Å²) in [6.45, 7) is 0.214. The minimum absolute atomic E-state index is 0.0822. The fourth-order valence-electron chi connectivity index (χ4n) is 0.747. The molecule has 1 aromatic carbocycles. The van der Waals surface area contributed by atoms with Crippen LogP contribution in [0.1, 0.15) is 5.56 Å². The van der Waals surface area contributed by atoms with Crippen LogP contribution in [0.15, 0.2) is 18.2 Å². The van der Waals surface area contributed by atoms with Crippen molar-refractivity contribution >= 4 is 11.6 Å². The van der Waals surface area contributed by atoms with Crippen molar-refractivity contribution in [1.82, 2.24) is 0 Å². The molecule has 3 heteroatoms. The molecule has 0 aliphatic heterocycles. The zero-order valence-electron chi connectivity index (χ0n) is 6.27. The van der Waals surface area contributed by atoms with Crippen LogP contribution in [0.4, 0.5) is 4.39 Å². The molecule has 0 aliphatic rings. The lowest BCUT2D eigenvalue weighted by Gasteiger charge is -1.94. The molecule has 0 aromatic heterocycles. The fourth-order valence-corrected chi connectivity index (χ4v) is 0.921. The SMILES string of the molecule is NCC#Cc1cccc(Cl)c1F. The molecule has 0 atom stereocenters. The van der Waals surface area contributed by atoms with E-state index in [0.717, 1.165) is 0 Å². The lowest BCUT2D eigenvalue weighted by Crippen LogP contribution is -1.93. The van der Waals surface area contributed by atoms with Gasteiger partial charge in [0, 0.05) is 0 Å². The van der Waals surface area contributed by atoms with E-state index in [1.54, 1.807) is 12.1 Å². The highest BCUT2D eigenvalue weighted by atomic mass is 35.5. The third kappa shape index (κ3) is 1.97. The lowest BCUT2D eigenvalue weighted by molar-refractivity contribution is 0.625. The van der Waals surface area contributed by atoms with E-state index in [1.165, 1.54) is 6.07 Å². The molecular formula is C9H7ClFN.